The van der Waals surface area contributed by atoms with Gasteiger partial charge in [0.25, 0.3) is 0 Å². The second-order valence-electron chi connectivity index (χ2n) is 4.29. The van der Waals surface area contributed by atoms with Crippen LogP contribution >= 0.6 is 0 Å². The second kappa shape index (κ2) is 5.93. The van der Waals surface area contributed by atoms with Crippen molar-refractivity contribution < 1.29 is 4.74 Å². The van der Waals surface area contributed by atoms with Gasteiger partial charge < -0.3 is 15.0 Å². The Kier molecular flexibility index (Phi) is 4.28. The van der Waals surface area contributed by atoms with E-state index < -0.39 is 0 Å². The number of rotatable bonds is 5. The summed E-state index contributed by atoms with van der Waals surface area (Å²) in [6, 6.07) is 4.49. The van der Waals surface area contributed by atoms with Crippen LogP contribution in [0.4, 0.5) is 5.82 Å². The lowest BCUT2D eigenvalue weighted by atomic mass is 10.2. The second-order valence-corrected chi connectivity index (χ2v) is 4.29. The highest BCUT2D eigenvalue weighted by Crippen LogP contribution is 2.17. The van der Waals surface area contributed by atoms with Gasteiger partial charge in [-0.2, -0.15) is 5.10 Å². The summed E-state index contributed by atoms with van der Waals surface area (Å²) in [6.45, 7) is 5.44. The quantitative estimate of drug-likeness (QED) is 0.820. The number of hydrogen-bond donors (Lipinski definition) is 1. The van der Waals surface area contributed by atoms with Crippen LogP contribution in [-0.4, -0.2) is 43.0 Å². The highest BCUT2D eigenvalue weighted by atomic mass is 16.5. The van der Waals surface area contributed by atoms with E-state index in [1.54, 1.807) is 0 Å². The summed E-state index contributed by atoms with van der Waals surface area (Å²) in [5.74, 6) is 0.917. The molecule has 1 unspecified atom stereocenters. The fourth-order valence-electron chi connectivity index (χ4n) is 1.90. The number of hydrogen-bond acceptors (Lipinski definition) is 5. The number of aromatic nitrogens is 2. The molecule has 1 saturated heterocycles. The van der Waals surface area contributed by atoms with Gasteiger partial charge in [-0.3, -0.25) is 0 Å². The molecule has 0 aliphatic carbocycles. The third-order valence-corrected chi connectivity index (χ3v) is 3.08. The molecule has 0 bridgehead atoms. The summed E-state index contributed by atoms with van der Waals surface area (Å²) in [5.41, 5.74) is 0.978. The fourth-order valence-corrected chi connectivity index (χ4v) is 1.90. The van der Waals surface area contributed by atoms with Crippen molar-refractivity contribution in [1.82, 2.24) is 15.5 Å². The first-order valence-electron chi connectivity index (χ1n) is 6.15. The summed E-state index contributed by atoms with van der Waals surface area (Å²) >= 11 is 0. The summed E-state index contributed by atoms with van der Waals surface area (Å²) in [5, 5.41) is 11.7. The van der Waals surface area contributed by atoms with Gasteiger partial charge in [0.1, 0.15) is 0 Å². The van der Waals surface area contributed by atoms with E-state index in [1.165, 1.54) is 0 Å². The van der Waals surface area contributed by atoms with Gasteiger partial charge in [-0.1, -0.05) is 6.92 Å². The molecule has 0 amide bonds. The van der Waals surface area contributed by atoms with Gasteiger partial charge in [0, 0.05) is 20.2 Å². The maximum atomic E-state index is 5.38. The lowest BCUT2D eigenvalue weighted by Gasteiger charge is -2.23. The van der Waals surface area contributed by atoms with Crippen molar-refractivity contribution in [2.45, 2.75) is 25.9 Å². The van der Waals surface area contributed by atoms with Crippen LogP contribution in [0.1, 0.15) is 19.0 Å². The highest BCUT2D eigenvalue weighted by molar-refractivity contribution is 5.37. The molecular weight excluding hydrogens is 216 g/mol. The van der Waals surface area contributed by atoms with Crippen LogP contribution < -0.4 is 10.2 Å². The minimum absolute atomic E-state index is 0.434. The van der Waals surface area contributed by atoms with Crippen molar-refractivity contribution in [3.05, 3.63) is 17.8 Å². The Morgan fingerprint density at radius 2 is 2.35 bits per heavy atom. The largest absolute Gasteiger partial charge is 0.379 e. The van der Waals surface area contributed by atoms with Gasteiger partial charge in [-0.15, -0.1) is 5.10 Å². The average Bonchev–Trinajstić information content (AvgIpc) is 2.90. The van der Waals surface area contributed by atoms with E-state index in [0.29, 0.717) is 6.04 Å². The number of likely N-dealkylation sites (N-methyl/N-ethyl adjacent to an activating group) is 1. The smallest absolute Gasteiger partial charge is 0.151 e. The molecule has 5 nitrogen and oxygen atoms in total. The van der Waals surface area contributed by atoms with Crippen molar-refractivity contribution in [2.24, 2.45) is 0 Å². The normalized spacial score (nSPS) is 19.5. The van der Waals surface area contributed by atoms with Crippen LogP contribution in [0.25, 0.3) is 0 Å². The molecule has 1 N–H and O–H groups in total. The Labute approximate surface area is 102 Å². The maximum Gasteiger partial charge on any atom is 0.151 e. The standard InChI is InChI=1S/C12H20N4O/c1-3-13-8-10-4-5-12(15-14-10)16(2)11-6-7-17-9-11/h4-5,11,13H,3,6-9H2,1-2H3. The van der Waals surface area contributed by atoms with Gasteiger partial charge in [0.15, 0.2) is 5.82 Å². The molecule has 1 aromatic heterocycles. The topological polar surface area (TPSA) is 50.3 Å². The van der Waals surface area contributed by atoms with Crippen molar-refractivity contribution in [2.75, 3.05) is 31.7 Å². The minimum Gasteiger partial charge on any atom is -0.379 e. The monoisotopic (exact) mass is 236 g/mol. The lowest BCUT2D eigenvalue weighted by Crippen LogP contribution is -2.32. The zero-order valence-electron chi connectivity index (χ0n) is 10.5. The Bertz CT molecular complexity index is 335. The molecule has 94 valence electrons. The van der Waals surface area contributed by atoms with Crippen molar-refractivity contribution in [3.8, 4) is 0 Å². The Balaban J connectivity index is 1.96. The van der Waals surface area contributed by atoms with E-state index in [2.05, 4.69) is 27.3 Å². The van der Waals surface area contributed by atoms with E-state index in [0.717, 1.165) is 44.2 Å². The van der Waals surface area contributed by atoms with Crippen LogP contribution in [0.5, 0.6) is 0 Å². The van der Waals surface area contributed by atoms with Gasteiger partial charge in [-0.05, 0) is 25.1 Å². The van der Waals surface area contributed by atoms with E-state index in [-0.39, 0.29) is 0 Å². The van der Waals surface area contributed by atoms with E-state index in [9.17, 15) is 0 Å². The first kappa shape index (κ1) is 12.3. The third kappa shape index (κ3) is 3.14. The van der Waals surface area contributed by atoms with Crippen LogP contribution in [0.3, 0.4) is 0 Å². The van der Waals surface area contributed by atoms with Gasteiger partial charge in [-0.25, -0.2) is 0 Å². The van der Waals surface area contributed by atoms with E-state index >= 15 is 0 Å². The van der Waals surface area contributed by atoms with Crippen LogP contribution in [-0.2, 0) is 11.3 Å². The number of nitrogens with zero attached hydrogens (tertiary/aromatic N) is 3. The number of anilines is 1. The SMILES string of the molecule is CCNCc1ccc(N(C)C2CCOC2)nn1. The predicted octanol–water partition coefficient (Wildman–Crippen LogP) is 0.811. The molecule has 1 atom stereocenters. The molecule has 5 heteroatoms. The zero-order chi connectivity index (χ0) is 12.1. The third-order valence-electron chi connectivity index (χ3n) is 3.08. The van der Waals surface area contributed by atoms with Crippen molar-refractivity contribution in [3.63, 3.8) is 0 Å². The van der Waals surface area contributed by atoms with Crippen molar-refractivity contribution in [1.29, 1.82) is 0 Å². The fraction of sp³-hybridized carbons (Fsp3) is 0.667. The molecule has 1 aliphatic rings. The van der Waals surface area contributed by atoms with Gasteiger partial charge in [0.05, 0.1) is 18.3 Å². The lowest BCUT2D eigenvalue weighted by molar-refractivity contribution is 0.193. The molecule has 17 heavy (non-hydrogen) atoms. The Morgan fingerprint density at radius 3 is 2.94 bits per heavy atom. The molecular formula is C12H20N4O. The predicted molar refractivity (Wildman–Crippen MR) is 67.0 cm³/mol. The van der Waals surface area contributed by atoms with Crippen LogP contribution in [0, 0.1) is 0 Å². The molecule has 2 rings (SSSR count). The first-order chi connectivity index (χ1) is 8.31. The molecule has 0 radical (unpaired) electrons. The summed E-state index contributed by atoms with van der Waals surface area (Å²) in [4.78, 5) is 2.15. The van der Waals surface area contributed by atoms with Gasteiger partial charge in [0.2, 0.25) is 0 Å². The molecule has 1 fully saturated rings. The summed E-state index contributed by atoms with van der Waals surface area (Å²) in [6.07, 6.45) is 1.07. The minimum atomic E-state index is 0.434. The summed E-state index contributed by atoms with van der Waals surface area (Å²) in [7, 11) is 2.05. The van der Waals surface area contributed by atoms with E-state index in [1.807, 2.05) is 19.2 Å². The van der Waals surface area contributed by atoms with Crippen molar-refractivity contribution >= 4 is 5.82 Å². The molecule has 1 aliphatic heterocycles. The highest BCUT2D eigenvalue weighted by Gasteiger charge is 2.21. The van der Waals surface area contributed by atoms with E-state index in [4.69, 9.17) is 4.74 Å². The Morgan fingerprint density at radius 1 is 1.47 bits per heavy atom. The van der Waals surface area contributed by atoms with Crippen LogP contribution in [0.15, 0.2) is 12.1 Å². The maximum absolute atomic E-state index is 5.38. The first-order valence-corrected chi connectivity index (χ1v) is 6.15. The zero-order valence-corrected chi connectivity index (χ0v) is 10.5. The molecule has 1 aromatic rings. The molecule has 0 aromatic carbocycles. The van der Waals surface area contributed by atoms with Crippen LogP contribution in [0.2, 0.25) is 0 Å². The average molecular weight is 236 g/mol. The molecule has 2 heterocycles. The molecule has 0 spiro atoms. The summed E-state index contributed by atoms with van der Waals surface area (Å²) < 4.78 is 5.38. The number of ether oxygens (including phenoxy) is 1. The number of nitrogens with one attached hydrogen (secondary N) is 1. The van der Waals surface area contributed by atoms with Gasteiger partial charge >= 0.3 is 0 Å². The molecule has 0 saturated carbocycles. The Hall–Kier alpha value is -1.20.